The highest BCUT2D eigenvalue weighted by Gasteiger charge is 2.11. The van der Waals surface area contributed by atoms with Crippen LogP contribution in [0.5, 0.6) is 0 Å². The summed E-state index contributed by atoms with van der Waals surface area (Å²) in [4.78, 5) is 16.9. The van der Waals surface area contributed by atoms with Gasteiger partial charge in [-0.3, -0.25) is 10.1 Å². The Bertz CT molecular complexity index is 1260. The highest BCUT2D eigenvalue weighted by Crippen LogP contribution is 2.27. The standard InChI is InChI=1S/C25H22BrN3O2S/c1-15(2)19-9-12-22-21(13-19)28-24(31-22)18-5-3-16(4-6-18)14-27-25(32)29-23(30)17-7-10-20(26)11-8-17/h3-13,15H,14H2,1-2H3,(H2,27,29,30,32). The Balaban J connectivity index is 1.36. The molecule has 0 fully saturated rings. The van der Waals surface area contributed by atoms with E-state index in [1.54, 1.807) is 12.1 Å². The van der Waals surface area contributed by atoms with E-state index >= 15 is 0 Å². The van der Waals surface area contributed by atoms with Crippen molar-refractivity contribution in [1.82, 2.24) is 15.6 Å². The molecule has 1 aromatic heterocycles. The van der Waals surface area contributed by atoms with Crippen molar-refractivity contribution in [2.24, 2.45) is 0 Å². The topological polar surface area (TPSA) is 67.2 Å². The number of carbonyl (C=O) groups is 1. The summed E-state index contributed by atoms with van der Waals surface area (Å²) in [5, 5.41) is 6.03. The third kappa shape index (κ3) is 5.23. The number of nitrogens with one attached hydrogen (secondary N) is 2. The van der Waals surface area contributed by atoms with Gasteiger partial charge in [0, 0.05) is 22.1 Å². The Morgan fingerprint density at radius 2 is 1.78 bits per heavy atom. The Labute approximate surface area is 200 Å². The van der Waals surface area contributed by atoms with Gasteiger partial charge >= 0.3 is 0 Å². The number of carbonyl (C=O) groups excluding carboxylic acids is 1. The first-order valence-electron chi connectivity index (χ1n) is 10.2. The van der Waals surface area contributed by atoms with E-state index < -0.39 is 0 Å². The molecular weight excluding hydrogens is 486 g/mol. The molecule has 0 aliphatic rings. The maximum absolute atomic E-state index is 12.2. The number of oxazole rings is 1. The van der Waals surface area contributed by atoms with Gasteiger partial charge in [-0.05, 0) is 77.8 Å². The first-order valence-corrected chi connectivity index (χ1v) is 11.4. The molecule has 0 aliphatic heterocycles. The molecule has 3 aromatic carbocycles. The molecule has 32 heavy (non-hydrogen) atoms. The van der Waals surface area contributed by atoms with E-state index in [2.05, 4.69) is 57.5 Å². The summed E-state index contributed by atoms with van der Waals surface area (Å²) in [6, 6.07) is 21.1. The van der Waals surface area contributed by atoms with Crippen molar-refractivity contribution in [3.8, 4) is 11.5 Å². The number of hydrogen-bond acceptors (Lipinski definition) is 4. The highest BCUT2D eigenvalue weighted by atomic mass is 79.9. The fraction of sp³-hybridized carbons (Fsp3) is 0.160. The summed E-state index contributed by atoms with van der Waals surface area (Å²) in [7, 11) is 0. The average molecular weight is 508 g/mol. The van der Waals surface area contributed by atoms with E-state index in [4.69, 9.17) is 16.6 Å². The van der Waals surface area contributed by atoms with Gasteiger partial charge in [0.05, 0.1) is 0 Å². The van der Waals surface area contributed by atoms with Crippen LogP contribution >= 0.6 is 28.1 Å². The van der Waals surface area contributed by atoms with Gasteiger partial charge in [0.2, 0.25) is 5.89 Å². The molecule has 2 N–H and O–H groups in total. The molecule has 0 aliphatic carbocycles. The Morgan fingerprint density at radius 1 is 1.06 bits per heavy atom. The normalized spacial score (nSPS) is 11.0. The number of halogens is 1. The second kappa shape index (κ2) is 9.63. The van der Waals surface area contributed by atoms with Crippen LogP contribution in [-0.2, 0) is 6.54 Å². The zero-order valence-electron chi connectivity index (χ0n) is 17.7. The van der Waals surface area contributed by atoms with E-state index in [9.17, 15) is 4.79 Å². The van der Waals surface area contributed by atoms with Crippen LogP contribution in [0.4, 0.5) is 0 Å². The second-order valence-corrected chi connectivity index (χ2v) is 9.07. The number of hydrogen-bond donors (Lipinski definition) is 2. The lowest BCUT2D eigenvalue weighted by Crippen LogP contribution is -2.38. The molecule has 162 valence electrons. The molecule has 0 bridgehead atoms. The van der Waals surface area contributed by atoms with Crippen LogP contribution in [-0.4, -0.2) is 16.0 Å². The number of amides is 1. The summed E-state index contributed by atoms with van der Waals surface area (Å²) in [5.41, 5.74) is 5.35. The zero-order chi connectivity index (χ0) is 22.7. The third-order valence-corrected chi connectivity index (χ3v) is 5.84. The van der Waals surface area contributed by atoms with Gasteiger partial charge < -0.3 is 9.73 Å². The first-order chi connectivity index (χ1) is 15.4. The summed E-state index contributed by atoms with van der Waals surface area (Å²) < 4.78 is 6.84. The zero-order valence-corrected chi connectivity index (χ0v) is 20.1. The summed E-state index contributed by atoms with van der Waals surface area (Å²) in [5.74, 6) is 0.789. The highest BCUT2D eigenvalue weighted by molar-refractivity contribution is 9.10. The molecule has 0 unspecified atom stereocenters. The number of benzene rings is 3. The molecular formula is C25H22BrN3O2S. The van der Waals surface area contributed by atoms with Crippen LogP contribution in [0.15, 0.2) is 75.6 Å². The van der Waals surface area contributed by atoms with Crippen molar-refractivity contribution >= 4 is 50.3 Å². The molecule has 5 nitrogen and oxygen atoms in total. The molecule has 0 saturated heterocycles. The van der Waals surface area contributed by atoms with Gasteiger partial charge in [0.25, 0.3) is 5.91 Å². The predicted molar refractivity (Wildman–Crippen MR) is 135 cm³/mol. The van der Waals surface area contributed by atoms with Crippen molar-refractivity contribution in [3.05, 3.63) is 87.9 Å². The van der Waals surface area contributed by atoms with Crippen molar-refractivity contribution in [2.75, 3.05) is 0 Å². The second-order valence-electron chi connectivity index (χ2n) is 7.74. The number of rotatable bonds is 5. The smallest absolute Gasteiger partial charge is 0.257 e. The maximum Gasteiger partial charge on any atom is 0.257 e. The van der Waals surface area contributed by atoms with Gasteiger partial charge in [-0.25, -0.2) is 4.98 Å². The third-order valence-electron chi connectivity index (χ3n) is 5.07. The molecule has 0 spiro atoms. The van der Waals surface area contributed by atoms with E-state index in [1.807, 2.05) is 42.5 Å². The van der Waals surface area contributed by atoms with Crippen LogP contribution < -0.4 is 10.6 Å². The lowest BCUT2D eigenvalue weighted by molar-refractivity contribution is 0.0976. The maximum atomic E-state index is 12.2. The van der Waals surface area contributed by atoms with Gasteiger partial charge in [-0.2, -0.15) is 0 Å². The quantitative estimate of drug-likeness (QED) is 0.315. The molecule has 1 amide bonds. The van der Waals surface area contributed by atoms with Crippen LogP contribution in [0.25, 0.3) is 22.6 Å². The Kier molecular flexibility index (Phi) is 6.67. The van der Waals surface area contributed by atoms with Crippen LogP contribution in [0.2, 0.25) is 0 Å². The summed E-state index contributed by atoms with van der Waals surface area (Å²) >= 11 is 8.60. The fourth-order valence-corrected chi connectivity index (χ4v) is 3.62. The SMILES string of the molecule is CC(C)c1ccc2oc(-c3ccc(CNC(=S)NC(=O)c4ccc(Br)cc4)cc3)nc2c1. The first kappa shape index (κ1) is 22.2. The van der Waals surface area contributed by atoms with Gasteiger partial charge in [-0.15, -0.1) is 0 Å². The lowest BCUT2D eigenvalue weighted by Gasteiger charge is -2.10. The van der Waals surface area contributed by atoms with Gasteiger partial charge in [0.1, 0.15) is 5.52 Å². The molecule has 7 heteroatoms. The molecule has 0 radical (unpaired) electrons. The van der Waals surface area contributed by atoms with E-state index in [0.717, 1.165) is 26.7 Å². The minimum Gasteiger partial charge on any atom is -0.436 e. The van der Waals surface area contributed by atoms with E-state index in [-0.39, 0.29) is 11.0 Å². The number of thiocarbonyl (C=S) groups is 1. The molecule has 1 heterocycles. The minimum absolute atomic E-state index is 0.248. The summed E-state index contributed by atoms with van der Waals surface area (Å²) in [6.45, 7) is 4.81. The molecule has 4 rings (SSSR count). The van der Waals surface area contributed by atoms with Crippen molar-refractivity contribution < 1.29 is 9.21 Å². The van der Waals surface area contributed by atoms with Crippen LogP contribution in [0, 0.1) is 0 Å². The largest absolute Gasteiger partial charge is 0.436 e. The minimum atomic E-state index is -0.248. The van der Waals surface area contributed by atoms with E-state index in [0.29, 0.717) is 23.9 Å². The van der Waals surface area contributed by atoms with Crippen LogP contribution in [0.3, 0.4) is 0 Å². The van der Waals surface area contributed by atoms with E-state index in [1.165, 1.54) is 5.56 Å². The number of nitrogens with zero attached hydrogens (tertiary/aromatic N) is 1. The van der Waals surface area contributed by atoms with Gasteiger partial charge in [-0.1, -0.05) is 48.0 Å². The average Bonchev–Trinajstić information content (AvgIpc) is 3.22. The molecule has 0 atom stereocenters. The van der Waals surface area contributed by atoms with Crippen molar-refractivity contribution in [1.29, 1.82) is 0 Å². The number of fused-ring (bicyclic) bond motifs is 1. The number of aromatic nitrogens is 1. The summed E-state index contributed by atoms with van der Waals surface area (Å²) in [6.07, 6.45) is 0. The lowest BCUT2D eigenvalue weighted by atomic mass is 10.0. The molecule has 0 saturated carbocycles. The molecule has 4 aromatic rings. The van der Waals surface area contributed by atoms with Crippen molar-refractivity contribution in [3.63, 3.8) is 0 Å². The van der Waals surface area contributed by atoms with Crippen LogP contribution in [0.1, 0.15) is 41.3 Å². The fourth-order valence-electron chi connectivity index (χ4n) is 3.20. The monoisotopic (exact) mass is 507 g/mol. The van der Waals surface area contributed by atoms with Crippen molar-refractivity contribution in [2.45, 2.75) is 26.3 Å². The Hall–Kier alpha value is -3.03. The Morgan fingerprint density at radius 3 is 2.47 bits per heavy atom. The van der Waals surface area contributed by atoms with Gasteiger partial charge in [0.15, 0.2) is 10.7 Å². The predicted octanol–water partition coefficient (Wildman–Crippen LogP) is 6.19.